The van der Waals surface area contributed by atoms with E-state index in [2.05, 4.69) is 9.97 Å². The minimum absolute atomic E-state index is 0.00370. The summed E-state index contributed by atoms with van der Waals surface area (Å²) in [6, 6.07) is 12.8. The van der Waals surface area contributed by atoms with Crippen molar-refractivity contribution in [1.82, 2.24) is 19.8 Å². The number of piperazine rings is 1. The number of hydrogen-bond donors (Lipinski definition) is 1. The smallest absolute Gasteiger partial charge is 0.335 e. The maximum atomic E-state index is 14.0. The molecule has 0 aliphatic carbocycles. The van der Waals surface area contributed by atoms with Gasteiger partial charge in [0.1, 0.15) is 4.90 Å². The number of pyridine rings is 2. The molecule has 0 unspecified atom stereocenters. The van der Waals surface area contributed by atoms with E-state index >= 15 is 0 Å². The van der Waals surface area contributed by atoms with Crippen molar-refractivity contribution in [2.75, 3.05) is 30.9 Å². The van der Waals surface area contributed by atoms with Crippen molar-refractivity contribution in [2.45, 2.75) is 11.1 Å². The quantitative estimate of drug-likeness (QED) is 0.277. The number of nitrogens with zero attached hydrogens (tertiary/aromatic N) is 4. The Labute approximate surface area is 231 Å². The van der Waals surface area contributed by atoms with Crippen molar-refractivity contribution in [3.05, 3.63) is 95.7 Å². The SMILES string of the molecule is O=C(c1ccc(NS(=O)(=O)c2cccc3cccnc23)c(C(F)(F)F)c1)N1CCN(C(=O)c2cccnc2F)CC1. The highest BCUT2D eigenvalue weighted by atomic mass is 32.2. The molecule has 0 radical (unpaired) electrons. The van der Waals surface area contributed by atoms with Gasteiger partial charge >= 0.3 is 6.18 Å². The van der Waals surface area contributed by atoms with Gasteiger partial charge in [-0.25, -0.2) is 13.4 Å². The molecule has 0 spiro atoms. The number of aromatic nitrogens is 2. The van der Waals surface area contributed by atoms with Gasteiger partial charge in [0, 0.05) is 49.5 Å². The number of benzene rings is 2. The lowest BCUT2D eigenvalue weighted by Gasteiger charge is -2.35. The topological polar surface area (TPSA) is 113 Å². The number of amides is 2. The molecule has 1 N–H and O–H groups in total. The van der Waals surface area contributed by atoms with Crippen LogP contribution in [0.5, 0.6) is 0 Å². The summed E-state index contributed by atoms with van der Waals surface area (Å²) in [5.41, 5.74) is -2.55. The number of halogens is 4. The number of anilines is 1. The van der Waals surface area contributed by atoms with Crippen molar-refractivity contribution < 1.29 is 35.6 Å². The number of carbonyl (C=O) groups excluding carboxylic acids is 2. The molecule has 4 aromatic rings. The van der Waals surface area contributed by atoms with Crippen LogP contribution >= 0.6 is 0 Å². The number of nitrogens with one attached hydrogen (secondary N) is 1. The predicted octanol–water partition coefficient (Wildman–Crippen LogP) is 4.19. The predicted molar refractivity (Wildman–Crippen MR) is 140 cm³/mol. The summed E-state index contributed by atoms with van der Waals surface area (Å²) in [5, 5.41) is 0.486. The first-order valence-corrected chi connectivity index (χ1v) is 13.7. The maximum Gasteiger partial charge on any atom is 0.418 e. The second kappa shape index (κ2) is 10.8. The molecule has 0 saturated carbocycles. The molecule has 212 valence electrons. The molecule has 14 heteroatoms. The second-order valence-corrected chi connectivity index (χ2v) is 10.8. The van der Waals surface area contributed by atoms with Crippen LogP contribution in [-0.2, 0) is 16.2 Å². The summed E-state index contributed by atoms with van der Waals surface area (Å²) < 4.78 is 84.3. The Bertz CT molecular complexity index is 1750. The molecular weight excluding hydrogens is 566 g/mol. The Hall–Kier alpha value is -4.59. The van der Waals surface area contributed by atoms with Crippen molar-refractivity contribution >= 4 is 38.4 Å². The van der Waals surface area contributed by atoms with Gasteiger partial charge in [-0.1, -0.05) is 18.2 Å². The molecule has 2 aromatic heterocycles. The summed E-state index contributed by atoms with van der Waals surface area (Å²) in [6.45, 7) is 0.0521. The third kappa shape index (κ3) is 5.68. The largest absolute Gasteiger partial charge is 0.418 e. The van der Waals surface area contributed by atoms with Crippen LogP contribution in [0.25, 0.3) is 10.9 Å². The third-order valence-corrected chi connectivity index (χ3v) is 7.94. The zero-order valence-electron chi connectivity index (χ0n) is 21.1. The lowest BCUT2D eigenvalue weighted by atomic mass is 10.1. The average molecular weight is 588 g/mol. The minimum Gasteiger partial charge on any atom is -0.335 e. The van der Waals surface area contributed by atoms with Crippen molar-refractivity contribution in [3.8, 4) is 0 Å². The van der Waals surface area contributed by atoms with E-state index < -0.39 is 45.2 Å². The highest BCUT2D eigenvalue weighted by Gasteiger charge is 2.36. The molecule has 9 nitrogen and oxygen atoms in total. The fourth-order valence-corrected chi connectivity index (χ4v) is 5.77. The van der Waals surface area contributed by atoms with Crippen molar-refractivity contribution in [2.24, 2.45) is 0 Å². The lowest BCUT2D eigenvalue weighted by molar-refractivity contribution is -0.136. The van der Waals surface area contributed by atoms with Crippen LogP contribution in [0.1, 0.15) is 26.3 Å². The molecule has 41 heavy (non-hydrogen) atoms. The van der Waals surface area contributed by atoms with Crippen LogP contribution < -0.4 is 4.72 Å². The van der Waals surface area contributed by atoms with E-state index in [1.807, 2.05) is 4.72 Å². The summed E-state index contributed by atoms with van der Waals surface area (Å²) in [4.78, 5) is 35.5. The van der Waals surface area contributed by atoms with Crippen LogP contribution in [-0.4, -0.2) is 66.2 Å². The molecule has 0 atom stereocenters. The van der Waals surface area contributed by atoms with Crippen molar-refractivity contribution in [3.63, 3.8) is 0 Å². The number of hydrogen-bond acceptors (Lipinski definition) is 6. The van der Waals surface area contributed by atoms with Gasteiger partial charge < -0.3 is 9.80 Å². The Balaban J connectivity index is 1.36. The minimum atomic E-state index is -5.00. The number of carbonyl (C=O) groups is 2. The third-order valence-electron chi connectivity index (χ3n) is 6.55. The summed E-state index contributed by atoms with van der Waals surface area (Å²) in [6.07, 6.45) is -2.42. The second-order valence-electron chi connectivity index (χ2n) is 9.12. The van der Waals surface area contributed by atoms with E-state index in [4.69, 9.17) is 0 Å². The Kier molecular flexibility index (Phi) is 7.34. The molecule has 2 amide bonds. The molecule has 0 bridgehead atoms. The summed E-state index contributed by atoms with van der Waals surface area (Å²) in [5.74, 6) is -2.27. The molecule has 1 saturated heterocycles. The zero-order chi connectivity index (χ0) is 29.4. The van der Waals surface area contributed by atoms with Gasteiger partial charge in [-0.15, -0.1) is 0 Å². The monoisotopic (exact) mass is 587 g/mol. The maximum absolute atomic E-state index is 14.0. The standard InChI is InChI=1S/C27H21F4N5O4S/c28-24-19(6-3-11-33-24)26(38)36-14-12-35(13-15-36)25(37)18-8-9-21(20(16-18)27(29,30)31)34-41(39,40)22-7-1-4-17-5-2-10-32-23(17)22/h1-11,16,34H,12-15H2. The molecule has 3 heterocycles. The van der Waals surface area contributed by atoms with Crippen LogP contribution in [0.15, 0.2) is 78.0 Å². The molecule has 1 aliphatic heterocycles. The Morgan fingerprint density at radius 3 is 2.15 bits per heavy atom. The molecule has 1 aliphatic rings. The van der Waals surface area contributed by atoms with Gasteiger partial charge in [0.15, 0.2) is 0 Å². The van der Waals surface area contributed by atoms with Crippen LogP contribution in [0.2, 0.25) is 0 Å². The Morgan fingerprint density at radius 2 is 1.46 bits per heavy atom. The first-order valence-electron chi connectivity index (χ1n) is 12.2. The highest BCUT2D eigenvalue weighted by Crippen LogP contribution is 2.37. The fourth-order valence-electron chi connectivity index (χ4n) is 4.50. The Morgan fingerprint density at radius 1 is 0.829 bits per heavy atom. The first kappa shape index (κ1) is 28.0. The van der Waals surface area contributed by atoms with E-state index in [1.54, 1.807) is 18.2 Å². The van der Waals surface area contributed by atoms with E-state index in [0.29, 0.717) is 11.5 Å². The van der Waals surface area contributed by atoms with Crippen LogP contribution in [0, 0.1) is 5.95 Å². The number of rotatable bonds is 5. The summed E-state index contributed by atoms with van der Waals surface area (Å²) in [7, 11) is -4.49. The fraction of sp³-hybridized carbons (Fsp3) is 0.185. The molecule has 1 fully saturated rings. The van der Waals surface area contributed by atoms with Gasteiger partial charge in [0.05, 0.1) is 22.3 Å². The summed E-state index contributed by atoms with van der Waals surface area (Å²) >= 11 is 0. The van der Waals surface area contributed by atoms with Crippen LogP contribution in [0.4, 0.5) is 23.2 Å². The number of sulfonamides is 1. The average Bonchev–Trinajstić information content (AvgIpc) is 2.96. The highest BCUT2D eigenvalue weighted by molar-refractivity contribution is 7.93. The van der Waals surface area contributed by atoms with Gasteiger partial charge in [-0.2, -0.15) is 17.6 Å². The first-order chi connectivity index (χ1) is 19.5. The molecule has 2 aromatic carbocycles. The number of alkyl halides is 3. The van der Waals surface area contributed by atoms with E-state index in [1.165, 1.54) is 46.5 Å². The lowest BCUT2D eigenvalue weighted by Crippen LogP contribution is -2.50. The van der Waals surface area contributed by atoms with E-state index in [0.717, 1.165) is 12.1 Å². The van der Waals surface area contributed by atoms with Crippen LogP contribution in [0.3, 0.4) is 0 Å². The van der Waals surface area contributed by atoms with E-state index in [9.17, 15) is 35.6 Å². The van der Waals surface area contributed by atoms with Crippen molar-refractivity contribution in [1.29, 1.82) is 0 Å². The van der Waals surface area contributed by atoms with E-state index in [-0.39, 0.29) is 47.7 Å². The van der Waals surface area contributed by atoms with Gasteiger partial charge in [0.25, 0.3) is 21.8 Å². The zero-order valence-corrected chi connectivity index (χ0v) is 21.9. The van der Waals surface area contributed by atoms with Gasteiger partial charge in [0.2, 0.25) is 5.95 Å². The molecular formula is C27H21F4N5O4S. The number of fused-ring (bicyclic) bond motifs is 1. The van der Waals surface area contributed by atoms with Gasteiger partial charge in [-0.3, -0.25) is 19.3 Å². The van der Waals surface area contributed by atoms with Gasteiger partial charge in [-0.05, 0) is 42.5 Å². The molecule has 5 rings (SSSR count). The number of para-hydroxylation sites is 1. The normalized spacial score (nSPS) is 14.2.